The molecule has 0 radical (unpaired) electrons. The first-order chi connectivity index (χ1) is 5.88. The number of benzene rings is 1. The third-order valence-electron chi connectivity index (χ3n) is 1.71. The number of hydrogen-bond donors (Lipinski definition) is 1. The normalized spacial score (nSPS) is 11.6. The lowest BCUT2D eigenvalue weighted by molar-refractivity contribution is 0.318. The van der Waals surface area contributed by atoms with Crippen molar-refractivity contribution in [2.45, 2.75) is 19.8 Å². The van der Waals surface area contributed by atoms with Crippen molar-refractivity contribution >= 4 is 5.71 Å². The molecule has 1 aromatic carbocycles. The fourth-order valence-electron chi connectivity index (χ4n) is 1.12. The maximum absolute atomic E-state index is 8.70. The minimum Gasteiger partial charge on any atom is -0.411 e. The molecule has 0 aliphatic heterocycles. The number of nitrogens with zero attached hydrogens (tertiary/aromatic N) is 1. The summed E-state index contributed by atoms with van der Waals surface area (Å²) in [5, 5.41) is 12.0. The standard InChI is InChI=1S/C10H13NO/c1-2-6-10(11-12)9-7-4-3-5-8-9/h3-5,7-8,12H,2,6H2,1H3. The molecular weight excluding hydrogens is 150 g/mol. The summed E-state index contributed by atoms with van der Waals surface area (Å²) in [7, 11) is 0. The van der Waals surface area contributed by atoms with Gasteiger partial charge >= 0.3 is 0 Å². The second-order valence-electron chi connectivity index (χ2n) is 2.66. The second-order valence-corrected chi connectivity index (χ2v) is 2.66. The van der Waals surface area contributed by atoms with Crippen molar-refractivity contribution in [3.8, 4) is 0 Å². The van der Waals surface area contributed by atoms with E-state index in [2.05, 4.69) is 12.1 Å². The molecule has 0 aliphatic rings. The molecule has 12 heavy (non-hydrogen) atoms. The van der Waals surface area contributed by atoms with Crippen LogP contribution >= 0.6 is 0 Å². The molecule has 1 rings (SSSR count). The van der Waals surface area contributed by atoms with E-state index in [9.17, 15) is 0 Å². The van der Waals surface area contributed by atoms with Gasteiger partial charge in [-0.05, 0) is 12.0 Å². The van der Waals surface area contributed by atoms with Crippen LogP contribution in [0.2, 0.25) is 0 Å². The van der Waals surface area contributed by atoms with Gasteiger partial charge in [0, 0.05) is 0 Å². The van der Waals surface area contributed by atoms with Gasteiger partial charge in [0.1, 0.15) is 0 Å². The predicted octanol–water partition coefficient (Wildman–Crippen LogP) is 2.67. The van der Waals surface area contributed by atoms with E-state index < -0.39 is 0 Å². The summed E-state index contributed by atoms with van der Waals surface area (Å²) in [4.78, 5) is 0. The zero-order valence-electron chi connectivity index (χ0n) is 7.20. The zero-order chi connectivity index (χ0) is 8.81. The molecule has 0 heterocycles. The lowest BCUT2D eigenvalue weighted by atomic mass is 10.1. The monoisotopic (exact) mass is 163 g/mol. The van der Waals surface area contributed by atoms with Gasteiger partial charge in [-0.1, -0.05) is 48.8 Å². The van der Waals surface area contributed by atoms with Crippen LogP contribution in [0.4, 0.5) is 0 Å². The number of rotatable bonds is 3. The van der Waals surface area contributed by atoms with Crippen molar-refractivity contribution in [3.63, 3.8) is 0 Å². The van der Waals surface area contributed by atoms with Gasteiger partial charge in [-0.25, -0.2) is 0 Å². The highest BCUT2D eigenvalue weighted by Crippen LogP contribution is 2.05. The van der Waals surface area contributed by atoms with Crippen LogP contribution in [0, 0.1) is 0 Å². The van der Waals surface area contributed by atoms with Gasteiger partial charge in [0.25, 0.3) is 0 Å². The Morgan fingerprint density at radius 3 is 2.50 bits per heavy atom. The van der Waals surface area contributed by atoms with Crippen molar-refractivity contribution in [3.05, 3.63) is 35.9 Å². The predicted molar refractivity (Wildman–Crippen MR) is 49.7 cm³/mol. The highest BCUT2D eigenvalue weighted by atomic mass is 16.4. The molecular formula is C10H13NO. The third kappa shape index (κ3) is 2.09. The summed E-state index contributed by atoms with van der Waals surface area (Å²) in [6.45, 7) is 2.06. The van der Waals surface area contributed by atoms with Gasteiger partial charge in [0.2, 0.25) is 0 Å². The quantitative estimate of drug-likeness (QED) is 0.414. The molecule has 0 atom stereocenters. The van der Waals surface area contributed by atoms with Crippen LogP contribution in [0.15, 0.2) is 35.5 Å². The fourth-order valence-corrected chi connectivity index (χ4v) is 1.12. The zero-order valence-corrected chi connectivity index (χ0v) is 7.20. The largest absolute Gasteiger partial charge is 0.411 e. The van der Waals surface area contributed by atoms with Crippen molar-refractivity contribution in [1.82, 2.24) is 0 Å². The van der Waals surface area contributed by atoms with E-state index in [-0.39, 0.29) is 0 Å². The van der Waals surface area contributed by atoms with Crippen molar-refractivity contribution in [1.29, 1.82) is 0 Å². The van der Waals surface area contributed by atoms with E-state index in [1.165, 1.54) is 0 Å². The van der Waals surface area contributed by atoms with Crippen molar-refractivity contribution in [2.75, 3.05) is 0 Å². The number of oxime groups is 1. The van der Waals surface area contributed by atoms with Crippen LogP contribution in [0.3, 0.4) is 0 Å². The molecule has 0 saturated carbocycles. The third-order valence-corrected chi connectivity index (χ3v) is 1.71. The second kappa shape index (κ2) is 4.54. The molecule has 64 valence electrons. The van der Waals surface area contributed by atoms with Crippen LogP contribution in [-0.2, 0) is 0 Å². The lowest BCUT2D eigenvalue weighted by Crippen LogP contribution is -1.99. The highest BCUT2D eigenvalue weighted by molar-refractivity contribution is 6.00. The maximum atomic E-state index is 8.70. The van der Waals surface area contributed by atoms with Crippen molar-refractivity contribution < 1.29 is 5.21 Å². The van der Waals surface area contributed by atoms with E-state index in [0.717, 1.165) is 24.1 Å². The summed E-state index contributed by atoms with van der Waals surface area (Å²) in [5.74, 6) is 0. The van der Waals surface area contributed by atoms with Crippen LogP contribution in [-0.4, -0.2) is 10.9 Å². The highest BCUT2D eigenvalue weighted by Gasteiger charge is 2.00. The van der Waals surface area contributed by atoms with Crippen LogP contribution in [0.25, 0.3) is 0 Å². The Balaban J connectivity index is 2.82. The Kier molecular flexibility index (Phi) is 3.33. The van der Waals surface area contributed by atoms with Crippen molar-refractivity contribution in [2.24, 2.45) is 5.16 Å². The molecule has 2 heteroatoms. The fraction of sp³-hybridized carbons (Fsp3) is 0.300. The Bertz CT molecular complexity index is 254. The first-order valence-electron chi connectivity index (χ1n) is 4.14. The average Bonchev–Trinajstić information content (AvgIpc) is 2.15. The summed E-state index contributed by atoms with van der Waals surface area (Å²) in [6.07, 6.45) is 1.81. The van der Waals surface area contributed by atoms with E-state index in [1.807, 2.05) is 30.3 Å². The van der Waals surface area contributed by atoms with Crippen LogP contribution in [0.5, 0.6) is 0 Å². The molecule has 0 aromatic heterocycles. The minimum absolute atomic E-state index is 0.762. The van der Waals surface area contributed by atoms with E-state index in [1.54, 1.807) is 0 Å². The molecule has 0 bridgehead atoms. The summed E-state index contributed by atoms with van der Waals surface area (Å²) in [6, 6.07) is 9.73. The Labute approximate surface area is 72.5 Å². The van der Waals surface area contributed by atoms with E-state index in [0.29, 0.717) is 0 Å². The Hall–Kier alpha value is -1.31. The van der Waals surface area contributed by atoms with Gasteiger partial charge in [0.05, 0.1) is 5.71 Å². The molecule has 1 aromatic rings. The molecule has 0 saturated heterocycles. The maximum Gasteiger partial charge on any atom is 0.0867 e. The number of hydrogen-bond acceptors (Lipinski definition) is 2. The minimum atomic E-state index is 0.762. The lowest BCUT2D eigenvalue weighted by Gasteiger charge is -2.00. The molecule has 1 N–H and O–H groups in total. The first-order valence-corrected chi connectivity index (χ1v) is 4.14. The molecule has 0 aliphatic carbocycles. The average molecular weight is 163 g/mol. The van der Waals surface area contributed by atoms with Crippen LogP contribution < -0.4 is 0 Å². The molecule has 0 unspecified atom stereocenters. The smallest absolute Gasteiger partial charge is 0.0867 e. The molecule has 0 fully saturated rings. The summed E-state index contributed by atoms with van der Waals surface area (Å²) < 4.78 is 0. The molecule has 2 nitrogen and oxygen atoms in total. The summed E-state index contributed by atoms with van der Waals surface area (Å²) >= 11 is 0. The first kappa shape index (κ1) is 8.78. The van der Waals surface area contributed by atoms with E-state index in [4.69, 9.17) is 5.21 Å². The SMILES string of the molecule is CCCC(=NO)c1ccccc1. The van der Waals surface area contributed by atoms with E-state index >= 15 is 0 Å². The van der Waals surface area contributed by atoms with Crippen LogP contribution in [0.1, 0.15) is 25.3 Å². The molecule has 0 amide bonds. The Morgan fingerprint density at radius 2 is 2.00 bits per heavy atom. The summed E-state index contributed by atoms with van der Waals surface area (Å²) in [5.41, 5.74) is 1.76. The van der Waals surface area contributed by atoms with Gasteiger partial charge < -0.3 is 5.21 Å². The van der Waals surface area contributed by atoms with Gasteiger partial charge in [-0.15, -0.1) is 0 Å². The van der Waals surface area contributed by atoms with Gasteiger partial charge in [-0.2, -0.15) is 0 Å². The van der Waals surface area contributed by atoms with Gasteiger partial charge in [-0.3, -0.25) is 0 Å². The Morgan fingerprint density at radius 1 is 1.33 bits per heavy atom. The van der Waals surface area contributed by atoms with Gasteiger partial charge in [0.15, 0.2) is 0 Å². The molecule has 0 spiro atoms. The topological polar surface area (TPSA) is 32.6 Å².